The molecular formula is C17H18ClN5O4S. The molecule has 11 heteroatoms. The fraction of sp³-hybridized carbons (Fsp3) is 0.412. The lowest BCUT2D eigenvalue weighted by Crippen LogP contribution is -2.53. The number of rotatable bonds is 5. The number of halogens is 1. The number of thioether (sulfide) groups is 1. The maximum atomic E-state index is 12.6. The molecule has 2 aliphatic heterocycles. The van der Waals surface area contributed by atoms with Crippen molar-refractivity contribution >= 4 is 35.2 Å². The van der Waals surface area contributed by atoms with Crippen molar-refractivity contribution in [3.63, 3.8) is 0 Å². The summed E-state index contributed by atoms with van der Waals surface area (Å²) in [5.74, 6) is 0.971. The molecular weight excluding hydrogens is 406 g/mol. The number of amides is 2. The van der Waals surface area contributed by atoms with E-state index < -0.39 is 0 Å². The van der Waals surface area contributed by atoms with Gasteiger partial charge in [-0.1, -0.05) is 23.4 Å². The average Bonchev–Trinajstić information content (AvgIpc) is 3.13. The Morgan fingerprint density at radius 2 is 1.96 bits per heavy atom. The van der Waals surface area contributed by atoms with Crippen LogP contribution in [0.3, 0.4) is 0 Å². The van der Waals surface area contributed by atoms with E-state index in [1.165, 1.54) is 16.8 Å². The summed E-state index contributed by atoms with van der Waals surface area (Å²) in [7, 11) is 0. The van der Waals surface area contributed by atoms with Gasteiger partial charge in [0.15, 0.2) is 5.82 Å². The highest BCUT2D eigenvalue weighted by Crippen LogP contribution is 2.24. The molecule has 1 fully saturated rings. The minimum atomic E-state index is -0.174. The van der Waals surface area contributed by atoms with Crippen LogP contribution in [0, 0.1) is 0 Å². The smallest absolute Gasteiger partial charge is 0.252 e. The first-order valence-electron chi connectivity index (χ1n) is 8.73. The van der Waals surface area contributed by atoms with Gasteiger partial charge in [-0.2, -0.15) is 0 Å². The van der Waals surface area contributed by atoms with Crippen molar-refractivity contribution in [1.29, 1.82) is 0 Å². The Kier molecular flexibility index (Phi) is 5.69. The van der Waals surface area contributed by atoms with Gasteiger partial charge in [0.25, 0.3) is 5.91 Å². The molecule has 0 N–H and O–H groups in total. The summed E-state index contributed by atoms with van der Waals surface area (Å²) in [5.41, 5.74) is 0. The van der Waals surface area contributed by atoms with Crippen LogP contribution in [0.2, 0.25) is 5.02 Å². The lowest BCUT2D eigenvalue weighted by molar-refractivity contribution is -0.135. The van der Waals surface area contributed by atoms with E-state index in [9.17, 15) is 9.59 Å². The molecule has 28 heavy (non-hydrogen) atoms. The van der Waals surface area contributed by atoms with Crippen LogP contribution < -0.4 is 9.75 Å². The van der Waals surface area contributed by atoms with Crippen molar-refractivity contribution in [3.05, 3.63) is 35.1 Å². The first-order valence-corrected chi connectivity index (χ1v) is 10.1. The summed E-state index contributed by atoms with van der Waals surface area (Å²) in [6.07, 6.45) is 0. The molecule has 1 saturated heterocycles. The fourth-order valence-electron chi connectivity index (χ4n) is 2.91. The first kappa shape index (κ1) is 19.0. The third-order valence-corrected chi connectivity index (χ3v) is 5.52. The highest BCUT2D eigenvalue weighted by Gasteiger charge is 2.32. The number of nitrogens with zero attached hydrogens (tertiary/aromatic N) is 5. The molecule has 0 saturated carbocycles. The van der Waals surface area contributed by atoms with Gasteiger partial charge in [-0.3, -0.25) is 9.59 Å². The van der Waals surface area contributed by atoms with Gasteiger partial charge in [-0.25, -0.2) is 9.69 Å². The van der Waals surface area contributed by atoms with Gasteiger partial charge in [-0.15, -0.1) is 10.2 Å². The van der Waals surface area contributed by atoms with E-state index >= 15 is 0 Å². The lowest BCUT2D eigenvalue weighted by Gasteiger charge is -2.32. The number of ether oxygens (including phenoxy) is 2. The van der Waals surface area contributed by atoms with Crippen LogP contribution in [0.4, 0.5) is 0 Å². The predicted molar refractivity (Wildman–Crippen MR) is 102 cm³/mol. The number of hydrogen-bond donors (Lipinski definition) is 0. The molecule has 2 aliphatic rings. The summed E-state index contributed by atoms with van der Waals surface area (Å²) in [6.45, 7) is 2.10. The minimum Gasteiger partial charge on any atom is -0.486 e. The van der Waals surface area contributed by atoms with E-state index in [0.29, 0.717) is 48.1 Å². The van der Waals surface area contributed by atoms with E-state index in [4.69, 9.17) is 21.1 Å². The van der Waals surface area contributed by atoms with Gasteiger partial charge in [0.1, 0.15) is 18.9 Å². The lowest BCUT2D eigenvalue weighted by atomic mass is 10.3. The van der Waals surface area contributed by atoms with Gasteiger partial charge in [-0.05, 0) is 24.3 Å². The number of aromatic nitrogens is 3. The molecule has 3 heterocycles. The third kappa shape index (κ3) is 4.08. The zero-order valence-electron chi connectivity index (χ0n) is 14.9. The van der Waals surface area contributed by atoms with Crippen LogP contribution in [0.5, 0.6) is 5.75 Å². The quantitative estimate of drug-likeness (QED) is 0.706. The van der Waals surface area contributed by atoms with Crippen molar-refractivity contribution in [3.8, 4) is 5.75 Å². The Labute approximate surface area is 170 Å². The summed E-state index contributed by atoms with van der Waals surface area (Å²) >= 11 is 7.17. The Balaban J connectivity index is 1.50. The molecule has 2 amide bonds. The first-order chi connectivity index (χ1) is 13.6. The standard InChI is InChI=1S/C17H18ClN5O4S/c18-12-1-3-13(4-2-12)27-10-14-19-20-17-23(14)22(16(25)11-28-17)9-15(24)21-5-7-26-8-6-21/h1-4H,5-11H2. The number of fused-ring (bicyclic) bond motifs is 1. The second kappa shape index (κ2) is 8.38. The topological polar surface area (TPSA) is 89.8 Å². The summed E-state index contributed by atoms with van der Waals surface area (Å²) in [6, 6.07) is 6.94. The molecule has 1 aromatic heterocycles. The largest absolute Gasteiger partial charge is 0.486 e. The Morgan fingerprint density at radius 3 is 2.71 bits per heavy atom. The summed E-state index contributed by atoms with van der Waals surface area (Å²) in [5, 5.41) is 10.8. The van der Waals surface area contributed by atoms with Gasteiger partial charge in [0.05, 0.1) is 19.0 Å². The monoisotopic (exact) mass is 423 g/mol. The number of carbonyl (C=O) groups excluding carboxylic acids is 2. The maximum absolute atomic E-state index is 12.6. The zero-order valence-corrected chi connectivity index (χ0v) is 16.5. The predicted octanol–water partition coefficient (Wildman–Crippen LogP) is 0.940. The van der Waals surface area contributed by atoms with Crippen molar-refractivity contribution in [2.45, 2.75) is 11.8 Å². The zero-order chi connectivity index (χ0) is 19.5. The van der Waals surface area contributed by atoms with Gasteiger partial charge in [0, 0.05) is 18.1 Å². The molecule has 0 spiro atoms. The van der Waals surface area contributed by atoms with Crippen LogP contribution in [0.1, 0.15) is 5.82 Å². The number of benzene rings is 1. The Bertz CT molecular complexity index is 869. The Morgan fingerprint density at radius 1 is 1.21 bits per heavy atom. The van der Waals surface area contributed by atoms with E-state index in [-0.39, 0.29) is 30.7 Å². The van der Waals surface area contributed by atoms with Gasteiger partial charge < -0.3 is 14.4 Å². The Hall–Kier alpha value is -2.30. The van der Waals surface area contributed by atoms with Crippen LogP contribution in [0.25, 0.3) is 0 Å². The number of carbonyl (C=O) groups is 2. The molecule has 9 nitrogen and oxygen atoms in total. The van der Waals surface area contributed by atoms with Crippen LogP contribution in [-0.4, -0.2) is 70.2 Å². The third-order valence-electron chi connectivity index (χ3n) is 4.36. The molecule has 148 valence electrons. The van der Waals surface area contributed by atoms with Crippen LogP contribution >= 0.6 is 23.4 Å². The van der Waals surface area contributed by atoms with Crippen molar-refractivity contribution in [2.24, 2.45) is 0 Å². The molecule has 0 atom stereocenters. The fourth-order valence-corrected chi connectivity index (χ4v) is 3.86. The average molecular weight is 424 g/mol. The molecule has 0 bridgehead atoms. The number of hydrogen-bond acceptors (Lipinski definition) is 7. The van der Waals surface area contributed by atoms with Crippen molar-refractivity contribution in [2.75, 3.05) is 43.6 Å². The molecule has 4 rings (SSSR count). The van der Waals surface area contributed by atoms with Gasteiger partial charge >= 0.3 is 0 Å². The SMILES string of the molecule is O=C(CN1C(=O)CSc2nnc(COc3ccc(Cl)cc3)n21)N1CCOCC1. The normalized spacial score (nSPS) is 16.8. The molecule has 0 unspecified atom stereocenters. The highest BCUT2D eigenvalue weighted by molar-refractivity contribution is 7.99. The second-order valence-electron chi connectivity index (χ2n) is 6.19. The molecule has 0 aliphatic carbocycles. The van der Waals surface area contributed by atoms with E-state index in [0.717, 1.165) is 0 Å². The van der Waals surface area contributed by atoms with Crippen LogP contribution in [-0.2, 0) is 20.9 Å². The molecule has 2 aromatic rings. The minimum absolute atomic E-state index is 0.0711. The van der Waals surface area contributed by atoms with Gasteiger partial charge in [0.2, 0.25) is 11.1 Å². The molecule has 1 aromatic carbocycles. The second-order valence-corrected chi connectivity index (χ2v) is 7.57. The highest BCUT2D eigenvalue weighted by atomic mass is 35.5. The molecule has 0 radical (unpaired) electrons. The van der Waals surface area contributed by atoms with Crippen molar-refractivity contribution < 1.29 is 19.1 Å². The number of morpholine rings is 1. The summed E-state index contributed by atoms with van der Waals surface area (Å²) in [4.78, 5) is 26.9. The van der Waals surface area contributed by atoms with Crippen molar-refractivity contribution in [1.82, 2.24) is 19.8 Å². The van der Waals surface area contributed by atoms with E-state index in [2.05, 4.69) is 10.2 Å². The maximum Gasteiger partial charge on any atom is 0.252 e. The van der Waals surface area contributed by atoms with E-state index in [1.807, 2.05) is 0 Å². The van der Waals surface area contributed by atoms with Crippen LogP contribution in [0.15, 0.2) is 29.4 Å². The summed E-state index contributed by atoms with van der Waals surface area (Å²) < 4.78 is 12.6. The van der Waals surface area contributed by atoms with E-state index in [1.54, 1.807) is 33.8 Å².